The first kappa shape index (κ1) is 20.6. The Morgan fingerprint density at radius 1 is 1.35 bits per heavy atom. The molecule has 2 fully saturated rings. The second kappa shape index (κ2) is 8.06. The number of aliphatic hydroxyl groups is 2. The van der Waals surface area contributed by atoms with Crippen LogP contribution in [0.25, 0.3) is 0 Å². The summed E-state index contributed by atoms with van der Waals surface area (Å²) in [6.45, 7) is 9.56. The van der Waals surface area contributed by atoms with Crippen LogP contribution in [0.15, 0.2) is 0 Å². The van der Waals surface area contributed by atoms with Gasteiger partial charge in [0.1, 0.15) is 6.29 Å². The van der Waals surface area contributed by atoms with Gasteiger partial charge in [0.25, 0.3) is 0 Å². The van der Waals surface area contributed by atoms with Gasteiger partial charge >= 0.3 is 0 Å². The zero-order chi connectivity index (χ0) is 17.8. The molecule has 1 aliphatic heterocycles. The van der Waals surface area contributed by atoms with Crippen molar-refractivity contribution in [2.24, 2.45) is 17.6 Å². The van der Waals surface area contributed by atoms with E-state index in [-0.39, 0.29) is 17.9 Å². The number of aldehydes is 1. The maximum Gasteiger partial charge on any atom is 0.126 e. The normalized spacial score (nSPS) is 42.7. The topological polar surface area (TPSA) is 92.8 Å². The van der Waals surface area contributed by atoms with Crippen molar-refractivity contribution in [3.05, 3.63) is 0 Å². The van der Waals surface area contributed by atoms with Gasteiger partial charge in [-0.2, -0.15) is 0 Å². The van der Waals surface area contributed by atoms with Crippen molar-refractivity contribution in [2.45, 2.75) is 96.2 Å². The summed E-state index contributed by atoms with van der Waals surface area (Å²) in [4.78, 5) is 11.4. The Labute approximate surface area is 140 Å². The Kier molecular flexibility index (Phi) is 7.20. The van der Waals surface area contributed by atoms with E-state index in [1.54, 1.807) is 0 Å². The fourth-order valence-corrected chi connectivity index (χ4v) is 4.33. The lowest BCUT2D eigenvalue weighted by atomic mass is 9.58. The molecule has 7 atom stereocenters. The predicted molar refractivity (Wildman–Crippen MR) is 91.0 cm³/mol. The molecule has 23 heavy (non-hydrogen) atoms. The van der Waals surface area contributed by atoms with Crippen molar-refractivity contribution in [3.63, 3.8) is 0 Å². The fourth-order valence-electron chi connectivity index (χ4n) is 4.33. The summed E-state index contributed by atoms with van der Waals surface area (Å²) in [6, 6.07) is 0. The summed E-state index contributed by atoms with van der Waals surface area (Å²) in [7, 11) is 0. The molecular weight excluding hydrogens is 294 g/mol. The quantitative estimate of drug-likeness (QED) is 0.671. The second-order valence-electron chi connectivity index (χ2n) is 6.91. The van der Waals surface area contributed by atoms with Gasteiger partial charge in [0, 0.05) is 11.8 Å². The van der Waals surface area contributed by atoms with Crippen molar-refractivity contribution >= 4 is 6.29 Å². The lowest BCUT2D eigenvalue weighted by Gasteiger charge is -2.64. The molecule has 5 nitrogen and oxygen atoms in total. The molecule has 2 aliphatic rings. The third-order valence-electron chi connectivity index (χ3n) is 5.94. The van der Waals surface area contributed by atoms with Crippen LogP contribution in [-0.4, -0.2) is 46.0 Å². The average Bonchev–Trinajstić information content (AvgIpc) is 2.57. The summed E-state index contributed by atoms with van der Waals surface area (Å²) in [5.41, 5.74) is 4.69. The smallest absolute Gasteiger partial charge is 0.126 e. The first-order valence-corrected chi connectivity index (χ1v) is 9.11. The van der Waals surface area contributed by atoms with Crippen molar-refractivity contribution in [3.8, 4) is 0 Å². The molecular formula is C18H35NO4. The van der Waals surface area contributed by atoms with Gasteiger partial charge in [-0.05, 0) is 33.1 Å². The van der Waals surface area contributed by atoms with Gasteiger partial charge in [-0.3, -0.25) is 0 Å². The summed E-state index contributed by atoms with van der Waals surface area (Å²) in [5, 5.41) is 21.1. The van der Waals surface area contributed by atoms with E-state index >= 15 is 0 Å². The summed E-state index contributed by atoms with van der Waals surface area (Å²) >= 11 is 0. The molecule has 1 aliphatic carbocycles. The number of rotatable bonds is 5. The maximum absolute atomic E-state index is 11.4. The van der Waals surface area contributed by atoms with E-state index in [1.807, 2.05) is 34.6 Å². The third kappa shape index (κ3) is 3.21. The summed E-state index contributed by atoms with van der Waals surface area (Å²) in [5.74, 6) is -0.590. The van der Waals surface area contributed by atoms with Crippen molar-refractivity contribution in [2.75, 3.05) is 0 Å². The number of carbonyl (C=O) groups is 1. The fraction of sp³-hybridized carbons (Fsp3) is 0.944. The van der Waals surface area contributed by atoms with Gasteiger partial charge in [-0.1, -0.05) is 33.6 Å². The van der Waals surface area contributed by atoms with Gasteiger partial charge in [0.05, 0.1) is 29.5 Å². The van der Waals surface area contributed by atoms with Gasteiger partial charge in [-0.25, -0.2) is 0 Å². The molecule has 0 aromatic carbocycles. The minimum absolute atomic E-state index is 0.237. The molecule has 0 amide bonds. The Morgan fingerprint density at radius 2 is 1.91 bits per heavy atom. The number of aliphatic hydroxyl groups excluding tert-OH is 2. The molecule has 4 N–H and O–H groups in total. The average molecular weight is 329 g/mol. The number of hydrogen-bond donors (Lipinski definition) is 3. The zero-order valence-electron chi connectivity index (χ0n) is 15.3. The highest BCUT2D eigenvalue weighted by molar-refractivity contribution is 5.57. The maximum atomic E-state index is 11.4. The van der Waals surface area contributed by atoms with E-state index < -0.39 is 23.3 Å². The largest absolute Gasteiger partial charge is 0.393 e. The van der Waals surface area contributed by atoms with Crippen LogP contribution in [0.4, 0.5) is 0 Å². The van der Waals surface area contributed by atoms with E-state index in [0.29, 0.717) is 12.8 Å². The Balaban J connectivity index is 0.00000127. The first-order valence-electron chi connectivity index (χ1n) is 9.11. The van der Waals surface area contributed by atoms with Crippen LogP contribution in [0, 0.1) is 11.8 Å². The van der Waals surface area contributed by atoms with E-state index in [9.17, 15) is 15.0 Å². The lowest BCUT2D eigenvalue weighted by Crippen LogP contribution is -2.85. The monoisotopic (exact) mass is 329 g/mol. The van der Waals surface area contributed by atoms with Crippen LogP contribution >= 0.6 is 0 Å². The Bertz CT molecular complexity index is 391. The van der Waals surface area contributed by atoms with E-state index in [4.69, 9.17) is 10.5 Å². The number of hydrogen-bond acceptors (Lipinski definition) is 5. The van der Waals surface area contributed by atoms with Crippen LogP contribution < -0.4 is 5.73 Å². The Hall–Kier alpha value is -0.490. The summed E-state index contributed by atoms with van der Waals surface area (Å²) < 4.78 is 5.84. The van der Waals surface area contributed by atoms with Crippen LogP contribution in [0.5, 0.6) is 0 Å². The van der Waals surface area contributed by atoms with E-state index in [2.05, 4.69) is 0 Å². The number of nitrogens with two attached hydrogens (primary N) is 1. The van der Waals surface area contributed by atoms with Crippen LogP contribution in [0.2, 0.25) is 0 Å². The second-order valence-corrected chi connectivity index (χ2v) is 6.91. The van der Waals surface area contributed by atoms with Gasteiger partial charge < -0.3 is 25.5 Å². The molecule has 2 rings (SSSR count). The molecule has 0 aromatic rings. The molecule has 0 bridgehead atoms. The minimum atomic E-state index is -1.00. The molecule has 1 saturated carbocycles. The highest BCUT2D eigenvalue weighted by Gasteiger charge is 2.68. The van der Waals surface area contributed by atoms with Crippen LogP contribution in [0.3, 0.4) is 0 Å². The van der Waals surface area contributed by atoms with Crippen molar-refractivity contribution in [1.29, 1.82) is 0 Å². The SMILES string of the molecule is CC.CCC(C=O)C1(C)OC(C)C1(N)C(O)C1CCCCC1O. The molecule has 5 heteroatoms. The van der Waals surface area contributed by atoms with Crippen LogP contribution in [0.1, 0.15) is 66.7 Å². The van der Waals surface area contributed by atoms with Crippen molar-refractivity contribution < 1.29 is 19.7 Å². The number of carbonyl (C=O) groups excluding carboxylic acids is 1. The van der Waals surface area contributed by atoms with E-state index in [1.165, 1.54) is 0 Å². The van der Waals surface area contributed by atoms with Crippen LogP contribution in [-0.2, 0) is 9.53 Å². The van der Waals surface area contributed by atoms with Gasteiger partial charge in [0.15, 0.2) is 0 Å². The Morgan fingerprint density at radius 3 is 2.35 bits per heavy atom. The number of ether oxygens (including phenoxy) is 1. The molecule has 0 spiro atoms. The van der Waals surface area contributed by atoms with Gasteiger partial charge in [0.2, 0.25) is 0 Å². The molecule has 1 heterocycles. The predicted octanol–water partition coefficient (Wildman–Crippen LogP) is 2.02. The highest BCUT2D eigenvalue weighted by Crippen LogP contribution is 2.50. The van der Waals surface area contributed by atoms with E-state index in [0.717, 1.165) is 25.5 Å². The highest BCUT2D eigenvalue weighted by atomic mass is 16.5. The lowest BCUT2D eigenvalue weighted by molar-refractivity contribution is -0.310. The molecule has 0 radical (unpaired) electrons. The van der Waals surface area contributed by atoms with Gasteiger partial charge in [-0.15, -0.1) is 0 Å². The van der Waals surface area contributed by atoms with Crippen molar-refractivity contribution in [1.82, 2.24) is 0 Å². The third-order valence-corrected chi connectivity index (χ3v) is 5.94. The molecule has 7 unspecified atom stereocenters. The molecule has 0 aromatic heterocycles. The zero-order valence-corrected chi connectivity index (χ0v) is 15.3. The molecule has 1 saturated heterocycles. The minimum Gasteiger partial charge on any atom is -0.393 e. The summed E-state index contributed by atoms with van der Waals surface area (Å²) in [6.07, 6.45) is 3.21. The molecule has 136 valence electrons. The first-order chi connectivity index (χ1) is 10.8. The standard InChI is InChI=1S/C16H29NO4.C2H6/c1-4-11(9-18)15(3)16(17,10(2)21-15)14(20)12-7-5-6-8-13(12)19;1-2/h9-14,19-20H,4-8,17H2,1-3H3;1-2H3.